The molecule has 0 unspecified atom stereocenters. The van der Waals surface area contributed by atoms with Crippen molar-refractivity contribution in [3.05, 3.63) is 264 Å². The van der Waals surface area contributed by atoms with Crippen molar-refractivity contribution in [2.75, 3.05) is 0 Å². The summed E-state index contributed by atoms with van der Waals surface area (Å²) in [5.41, 5.74) is 19.1. The summed E-state index contributed by atoms with van der Waals surface area (Å²) in [6, 6.07) is 80.7. The molecule has 310 valence electrons. The molecule has 66 heavy (non-hydrogen) atoms. The first-order valence-electron chi connectivity index (χ1n) is 22.8. The standard InChI is InChI=1S/C63H42N2O/c1-4-17-41(18-5-1)53-36-46(31-33-50(53)48-25-16-26-49(35-48)59-40-58(42-19-6-2-7-20-42)64-62(65-59)43-21-8-3-9-22-43)47-32-34-60-56(38-47)63(57-37-44-23-10-11-24-45(44)39-61(57)66-60)54-29-14-12-27-51(54)52-28-13-15-30-55(52)63/h1-31,33,35-40H,32,34H2. The van der Waals surface area contributed by atoms with Gasteiger partial charge in [-0.2, -0.15) is 0 Å². The molecule has 13 rings (SSSR count). The topological polar surface area (TPSA) is 35.0 Å². The smallest absolute Gasteiger partial charge is 0.160 e. The van der Waals surface area contributed by atoms with Crippen LogP contribution in [0, 0.1) is 0 Å². The van der Waals surface area contributed by atoms with Crippen molar-refractivity contribution < 1.29 is 4.74 Å². The highest BCUT2D eigenvalue weighted by Gasteiger charge is 2.52. The van der Waals surface area contributed by atoms with Crippen LogP contribution in [-0.4, -0.2) is 9.97 Å². The monoisotopic (exact) mass is 842 g/mol. The number of nitrogens with zero attached hydrogens (tertiary/aromatic N) is 2. The summed E-state index contributed by atoms with van der Waals surface area (Å²) in [6.45, 7) is 0. The first-order chi connectivity index (χ1) is 32.7. The molecule has 9 aromatic carbocycles. The third kappa shape index (κ3) is 6.12. The first-order valence-corrected chi connectivity index (χ1v) is 22.8. The highest BCUT2D eigenvalue weighted by atomic mass is 16.5. The molecule has 3 heteroatoms. The van der Waals surface area contributed by atoms with Crippen molar-refractivity contribution in [1.29, 1.82) is 0 Å². The highest BCUT2D eigenvalue weighted by Crippen LogP contribution is 2.62. The Morgan fingerprint density at radius 3 is 1.65 bits per heavy atom. The molecular weight excluding hydrogens is 801 g/mol. The number of hydrogen-bond donors (Lipinski definition) is 0. The molecule has 0 saturated heterocycles. The normalized spacial score (nSPS) is 14.2. The van der Waals surface area contributed by atoms with E-state index in [1.165, 1.54) is 72.0 Å². The molecule has 0 amide bonds. The Labute approximate surface area is 384 Å². The lowest BCUT2D eigenvalue weighted by molar-refractivity contribution is 0.365. The first kappa shape index (κ1) is 38.1. The number of aromatic nitrogens is 2. The van der Waals surface area contributed by atoms with E-state index in [1.807, 2.05) is 24.3 Å². The highest BCUT2D eigenvalue weighted by molar-refractivity contribution is 5.94. The summed E-state index contributed by atoms with van der Waals surface area (Å²) in [5.74, 6) is 2.71. The van der Waals surface area contributed by atoms with Crippen LogP contribution in [0.4, 0.5) is 0 Å². The van der Waals surface area contributed by atoms with Crippen LogP contribution in [0.25, 0.3) is 83.6 Å². The lowest BCUT2D eigenvalue weighted by Gasteiger charge is -2.42. The van der Waals surface area contributed by atoms with Crippen LogP contribution in [0.15, 0.2) is 242 Å². The molecule has 0 N–H and O–H groups in total. The minimum absolute atomic E-state index is 0.532. The predicted molar refractivity (Wildman–Crippen MR) is 270 cm³/mol. The van der Waals surface area contributed by atoms with Crippen LogP contribution >= 0.6 is 0 Å². The van der Waals surface area contributed by atoms with Gasteiger partial charge in [0.25, 0.3) is 0 Å². The molecule has 0 radical (unpaired) electrons. The largest absolute Gasteiger partial charge is 0.461 e. The molecule has 0 atom stereocenters. The minimum Gasteiger partial charge on any atom is -0.461 e. The fourth-order valence-corrected chi connectivity index (χ4v) is 10.8. The van der Waals surface area contributed by atoms with Gasteiger partial charge in [0.2, 0.25) is 0 Å². The Morgan fingerprint density at radius 2 is 0.939 bits per heavy atom. The van der Waals surface area contributed by atoms with Crippen LogP contribution in [0.5, 0.6) is 5.75 Å². The zero-order valence-electron chi connectivity index (χ0n) is 36.2. The molecule has 0 fully saturated rings. The molecule has 2 heterocycles. The quantitative estimate of drug-likeness (QED) is 0.167. The van der Waals surface area contributed by atoms with Crippen molar-refractivity contribution in [1.82, 2.24) is 9.97 Å². The second-order valence-electron chi connectivity index (χ2n) is 17.5. The average molecular weight is 843 g/mol. The van der Waals surface area contributed by atoms with E-state index in [2.05, 4.69) is 206 Å². The molecular formula is C63H42N2O. The number of allylic oxidation sites excluding steroid dienone is 4. The molecule has 1 aliphatic heterocycles. The Bertz CT molecular complexity index is 3500. The summed E-state index contributed by atoms with van der Waals surface area (Å²) < 4.78 is 7.05. The van der Waals surface area contributed by atoms with E-state index in [-0.39, 0.29) is 0 Å². The van der Waals surface area contributed by atoms with E-state index in [4.69, 9.17) is 14.7 Å². The molecule has 3 nitrogen and oxygen atoms in total. The van der Waals surface area contributed by atoms with E-state index in [9.17, 15) is 0 Å². The summed E-state index contributed by atoms with van der Waals surface area (Å²) in [5, 5.41) is 2.40. The molecule has 10 aromatic rings. The maximum absolute atomic E-state index is 7.05. The van der Waals surface area contributed by atoms with Crippen molar-refractivity contribution >= 4 is 16.3 Å². The third-order valence-electron chi connectivity index (χ3n) is 13.9. The van der Waals surface area contributed by atoms with Crippen molar-refractivity contribution in [3.8, 4) is 73.0 Å². The van der Waals surface area contributed by atoms with Crippen molar-refractivity contribution in [3.63, 3.8) is 0 Å². The third-order valence-corrected chi connectivity index (χ3v) is 13.9. The van der Waals surface area contributed by atoms with Gasteiger partial charge in [-0.25, -0.2) is 9.97 Å². The molecule has 0 saturated carbocycles. The fourth-order valence-electron chi connectivity index (χ4n) is 10.8. The van der Waals surface area contributed by atoms with Gasteiger partial charge in [-0.3, -0.25) is 0 Å². The van der Waals surface area contributed by atoms with Gasteiger partial charge >= 0.3 is 0 Å². The summed E-state index contributed by atoms with van der Waals surface area (Å²) in [4.78, 5) is 10.2. The second-order valence-corrected chi connectivity index (χ2v) is 17.5. The van der Waals surface area contributed by atoms with Gasteiger partial charge in [0.05, 0.1) is 16.8 Å². The lowest BCUT2D eigenvalue weighted by atomic mass is 9.63. The summed E-state index contributed by atoms with van der Waals surface area (Å²) in [7, 11) is 0. The molecule has 2 aliphatic carbocycles. The Morgan fingerprint density at radius 1 is 0.364 bits per heavy atom. The van der Waals surface area contributed by atoms with E-state index < -0.39 is 5.41 Å². The summed E-state index contributed by atoms with van der Waals surface area (Å²) in [6.07, 6.45) is 4.15. The Hall–Kier alpha value is -8.40. The van der Waals surface area contributed by atoms with E-state index in [1.54, 1.807) is 0 Å². The van der Waals surface area contributed by atoms with E-state index in [0.29, 0.717) is 5.82 Å². The van der Waals surface area contributed by atoms with Gasteiger partial charge in [0.15, 0.2) is 5.82 Å². The summed E-state index contributed by atoms with van der Waals surface area (Å²) >= 11 is 0. The van der Waals surface area contributed by atoms with Gasteiger partial charge in [-0.05, 0) is 103 Å². The van der Waals surface area contributed by atoms with E-state index in [0.717, 1.165) is 58.0 Å². The average Bonchev–Trinajstić information content (AvgIpc) is 3.69. The van der Waals surface area contributed by atoms with Crippen molar-refractivity contribution in [2.24, 2.45) is 0 Å². The number of rotatable bonds is 6. The van der Waals surface area contributed by atoms with Gasteiger partial charge in [0, 0.05) is 34.2 Å². The van der Waals surface area contributed by atoms with Crippen LogP contribution < -0.4 is 4.74 Å². The maximum atomic E-state index is 7.05. The Kier molecular flexibility index (Phi) is 8.89. The van der Waals surface area contributed by atoms with Crippen LogP contribution in [0.3, 0.4) is 0 Å². The molecule has 3 aliphatic rings. The Balaban J connectivity index is 0.961. The van der Waals surface area contributed by atoms with E-state index >= 15 is 0 Å². The zero-order valence-corrected chi connectivity index (χ0v) is 36.2. The lowest BCUT2D eigenvalue weighted by Crippen LogP contribution is -2.35. The number of hydrogen-bond acceptors (Lipinski definition) is 3. The van der Waals surface area contributed by atoms with Gasteiger partial charge < -0.3 is 4.74 Å². The number of ether oxygens (including phenoxy) is 1. The van der Waals surface area contributed by atoms with Gasteiger partial charge in [0.1, 0.15) is 11.5 Å². The predicted octanol–water partition coefficient (Wildman–Crippen LogP) is 15.8. The van der Waals surface area contributed by atoms with Crippen molar-refractivity contribution in [2.45, 2.75) is 18.3 Å². The molecule has 1 spiro atoms. The minimum atomic E-state index is -0.532. The maximum Gasteiger partial charge on any atom is 0.160 e. The molecule has 1 aromatic heterocycles. The van der Waals surface area contributed by atoms with Gasteiger partial charge in [-0.15, -0.1) is 0 Å². The number of fused-ring (bicyclic) bond motifs is 9. The van der Waals surface area contributed by atoms with Gasteiger partial charge in [-0.1, -0.05) is 200 Å². The number of benzene rings is 9. The fraction of sp³-hybridized carbons (Fsp3) is 0.0476. The van der Waals surface area contributed by atoms with Crippen LogP contribution in [0.2, 0.25) is 0 Å². The second kappa shape index (κ2) is 15.4. The van der Waals surface area contributed by atoms with Crippen LogP contribution in [-0.2, 0) is 5.41 Å². The zero-order chi connectivity index (χ0) is 43.6. The molecule has 0 bridgehead atoms. The van der Waals surface area contributed by atoms with Crippen LogP contribution in [0.1, 0.15) is 35.1 Å². The SMILES string of the molecule is C1=C(c2ccc(-c3cccc(-c4cc(-c5ccccc5)nc(-c5ccccc5)n4)c3)c(-c3ccccc3)c2)CCC2=C1C1(c3cc4ccccc4cc3O2)c2ccccc2-c2ccccc21.